The van der Waals surface area contributed by atoms with Crippen LogP contribution < -0.4 is 5.32 Å². The lowest BCUT2D eigenvalue weighted by atomic mass is 9.97. The summed E-state index contributed by atoms with van der Waals surface area (Å²) in [5.41, 5.74) is 3.24. The van der Waals surface area contributed by atoms with Gasteiger partial charge in [0.15, 0.2) is 5.82 Å². The predicted octanol–water partition coefficient (Wildman–Crippen LogP) is 6.05. The summed E-state index contributed by atoms with van der Waals surface area (Å²) in [6.07, 6.45) is 8.16. The molecule has 0 bridgehead atoms. The van der Waals surface area contributed by atoms with E-state index in [2.05, 4.69) is 16.4 Å². The van der Waals surface area contributed by atoms with Crippen molar-refractivity contribution in [1.29, 1.82) is 0 Å². The number of amides is 1. The van der Waals surface area contributed by atoms with Gasteiger partial charge in [-0.05, 0) is 50.3 Å². The number of aromatic nitrogens is 2. The highest BCUT2D eigenvalue weighted by Crippen LogP contribution is 2.30. The number of rotatable bonds is 7. The van der Waals surface area contributed by atoms with E-state index < -0.39 is 0 Å². The maximum absolute atomic E-state index is 12.4. The van der Waals surface area contributed by atoms with Crippen molar-refractivity contribution in [2.24, 2.45) is 0 Å². The lowest BCUT2D eigenvalue weighted by molar-refractivity contribution is -0.118. The minimum absolute atomic E-state index is 0.0199. The molecule has 0 atom stereocenters. The molecule has 0 radical (unpaired) electrons. The summed E-state index contributed by atoms with van der Waals surface area (Å²) in [7, 11) is 0. The topological polar surface area (TPSA) is 54.9 Å². The fourth-order valence-electron chi connectivity index (χ4n) is 3.58. The normalized spacial score (nSPS) is 13.8. The summed E-state index contributed by atoms with van der Waals surface area (Å²) in [6.45, 7) is 0.691. The minimum Gasteiger partial charge on any atom is -0.355 e. The van der Waals surface area contributed by atoms with Crippen LogP contribution in [-0.2, 0) is 4.79 Å². The zero-order valence-corrected chi connectivity index (χ0v) is 18.3. The van der Waals surface area contributed by atoms with Gasteiger partial charge in [-0.2, -0.15) is 0 Å². The molecule has 1 aliphatic rings. The second kappa shape index (κ2) is 10.1. The van der Waals surface area contributed by atoms with Crippen molar-refractivity contribution < 1.29 is 4.79 Å². The number of benzene rings is 2. The third-order valence-electron chi connectivity index (χ3n) is 5.15. The lowest BCUT2D eigenvalue weighted by Gasteiger charge is -2.13. The number of carbonyl (C=O) groups is 1. The molecule has 0 aliphatic heterocycles. The van der Waals surface area contributed by atoms with Gasteiger partial charge in [0.25, 0.3) is 0 Å². The molecule has 1 aromatic heterocycles. The fraction of sp³-hybridized carbons (Fsp3) is 0.292. The van der Waals surface area contributed by atoms with Crippen molar-refractivity contribution in [2.45, 2.75) is 37.1 Å². The number of hydrogen-bond donors (Lipinski definition) is 1. The molecular formula is C24H24ClN3OS. The van der Waals surface area contributed by atoms with E-state index in [1.54, 1.807) is 0 Å². The van der Waals surface area contributed by atoms with E-state index in [1.807, 2.05) is 48.5 Å². The highest BCUT2D eigenvalue weighted by Gasteiger charge is 2.13. The van der Waals surface area contributed by atoms with Crippen LogP contribution in [0, 0.1) is 0 Å². The quantitative estimate of drug-likeness (QED) is 0.277. The van der Waals surface area contributed by atoms with Crippen molar-refractivity contribution in [3.63, 3.8) is 0 Å². The number of halogens is 1. The number of allylic oxidation sites excluding steroid dienone is 1. The minimum atomic E-state index is 0.0199. The van der Waals surface area contributed by atoms with Crippen molar-refractivity contribution in [3.05, 3.63) is 65.2 Å². The molecule has 4 nitrogen and oxygen atoms in total. The standard InChI is InChI=1S/C24H24ClN3OS/c25-19-11-12-21-20(15-19)24(28-23(27-21)18-9-5-2-6-10-18)30-16-22(29)26-14-13-17-7-3-1-4-8-17/h2,5-7,9-12,15H,1,3-4,8,13-14,16H2,(H,26,29). The number of thioether (sulfide) groups is 1. The first-order valence-electron chi connectivity index (χ1n) is 10.3. The van der Waals surface area contributed by atoms with Crippen LogP contribution in [-0.4, -0.2) is 28.2 Å². The zero-order valence-electron chi connectivity index (χ0n) is 16.7. The summed E-state index contributed by atoms with van der Waals surface area (Å²) in [5.74, 6) is 0.982. The first kappa shape index (κ1) is 20.9. The van der Waals surface area contributed by atoms with Crippen molar-refractivity contribution in [3.8, 4) is 11.4 Å². The Morgan fingerprint density at radius 2 is 1.97 bits per heavy atom. The van der Waals surface area contributed by atoms with Crippen LogP contribution in [0.25, 0.3) is 22.3 Å². The fourth-order valence-corrected chi connectivity index (χ4v) is 4.59. The van der Waals surface area contributed by atoms with E-state index in [0.29, 0.717) is 23.1 Å². The maximum atomic E-state index is 12.4. The molecule has 3 aromatic rings. The van der Waals surface area contributed by atoms with Crippen molar-refractivity contribution in [1.82, 2.24) is 15.3 Å². The summed E-state index contributed by atoms with van der Waals surface area (Å²) in [6, 6.07) is 15.5. The van der Waals surface area contributed by atoms with Gasteiger partial charge in [0.05, 0.1) is 11.3 Å². The summed E-state index contributed by atoms with van der Waals surface area (Å²) in [4.78, 5) is 21.8. The third-order valence-corrected chi connectivity index (χ3v) is 6.37. The molecular weight excluding hydrogens is 414 g/mol. The maximum Gasteiger partial charge on any atom is 0.230 e. The molecule has 0 saturated carbocycles. The second-order valence-electron chi connectivity index (χ2n) is 7.38. The summed E-state index contributed by atoms with van der Waals surface area (Å²) >= 11 is 7.63. The van der Waals surface area contributed by atoms with E-state index in [1.165, 1.54) is 43.0 Å². The predicted molar refractivity (Wildman–Crippen MR) is 125 cm³/mol. The highest BCUT2D eigenvalue weighted by molar-refractivity contribution is 8.00. The van der Waals surface area contributed by atoms with Gasteiger partial charge >= 0.3 is 0 Å². The van der Waals surface area contributed by atoms with Crippen LogP contribution >= 0.6 is 23.4 Å². The van der Waals surface area contributed by atoms with Gasteiger partial charge < -0.3 is 5.32 Å². The molecule has 2 aromatic carbocycles. The molecule has 6 heteroatoms. The van der Waals surface area contributed by atoms with Crippen LogP contribution in [0.15, 0.2) is 65.2 Å². The van der Waals surface area contributed by atoms with Crippen LogP contribution in [0.4, 0.5) is 0 Å². The average Bonchev–Trinajstić information content (AvgIpc) is 2.79. The molecule has 1 amide bonds. The largest absolute Gasteiger partial charge is 0.355 e. The molecule has 4 rings (SSSR count). The number of fused-ring (bicyclic) bond motifs is 1. The van der Waals surface area contributed by atoms with Gasteiger partial charge in [-0.25, -0.2) is 9.97 Å². The zero-order chi connectivity index (χ0) is 20.8. The Bertz CT molecular complexity index is 1070. The first-order valence-corrected chi connectivity index (χ1v) is 11.7. The summed E-state index contributed by atoms with van der Waals surface area (Å²) < 4.78 is 0. The molecule has 0 spiro atoms. The van der Waals surface area contributed by atoms with Gasteiger partial charge in [-0.1, -0.05) is 65.3 Å². The van der Waals surface area contributed by atoms with Gasteiger partial charge in [0, 0.05) is 22.5 Å². The smallest absolute Gasteiger partial charge is 0.230 e. The van der Waals surface area contributed by atoms with Crippen LogP contribution in [0.5, 0.6) is 0 Å². The Morgan fingerprint density at radius 1 is 1.10 bits per heavy atom. The molecule has 0 unspecified atom stereocenters. The summed E-state index contributed by atoms with van der Waals surface area (Å²) in [5, 5.41) is 5.30. The lowest BCUT2D eigenvalue weighted by Crippen LogP contribution is -2.26. The van der Waals surface area contributed by atoms with Gasteiger partial charge in [-0.3, -0.25) is 4.79 Å². The van der Waals surface area contributed by atoms with Gasteiger partial charge in [-0.15, -0.1) is 0 Å². The molecule has 0 fully saturated rings. The van der Waals surface area contributed by atoms with Gasteiger partial charge in [0.2, 0.25) is 5.91 Å². The number of hydrogen-bond acceptors (Lipinski definition) is 4. The average molecular weight is 438 g/mol. The van der Waals surface area contributed by atoms with E-state index >= 15 is 0 Å². The Hall–Kier alpha value is -2.37. The van der Waals surface area contributed by atoms with E-state index in [4.69, 9.17) is 16.6 Å². The van der Waals surface area contributed by atoms with E-state index in [0.717, 1.165) is 27.9 Å². The molecule has 30 heavy (non-hydrogen) atoms. The number of nitrogens with one attached hydrogen (secondary N) is 1. The molecule has 154 valence electrons. The van der Waals surface area contributed by atoms with Crippen molar-refractivity contribution >= 4 is 40.2 Å². The van der Waals surface area contributed by atoms with E-state index in [-0.39, 0.29) is 5.91 Å². The first-order chi connectivity index (χ1) is 14.7. The molecule has 1 N–H and O–H groups in total. The third kappa shape index (κ3) is 5.41. The van der Waals surface area contributed by atoms with Gasteiger partial charge in [0.1, 0.15) is 5.03 Å². The monoisotopic (exact) mass is 437 g/mol. The Balaban J connectivity index is 1.46. The highest BCUT2D eigenvalue weighted by atomic mass is 35.5. The van der Waals surface area contributed by atoms with E-state index in [9.17, 15) is 4.79 Å². The Labute approximate surface area is 186 Å². The van der Waals surface area contributed by atoms with Crippen LogP contribution in [0.3, 0.4) is 0 Å². The number of nitrogens with zero attached hydrogens (tertiary/aromatic N) is 2. The van der Waals surface area contributed by atoms with Crippen LogP contribution in [0.1, 0.15) is 32.1 Å². The Morgan fingerprint density at radius 3 is 2.77 bits per heavy atom. The van der Waals surface area contributed by atoms with Crippen LogP contribution in [0.2, 0.25) is 5.02 Å². The Kier molecular flexibility index (Phi) is 7.03. The number of carbonyl (C=O) groups excluding carboxylic acids is 1. The molecule has 0 saturated heterocycles. The van der Waals surface area contributed by atoms with Crippen molar-refractivity contribution in [2.75, 3.05) is 12.3 Å². The SMILES string of the molecule is O=C(CSc1nc(-c2ccccc2)nc2ccc(Cl)cc12)NCCC1=CCCCC1. The molecule has 1 aliphatic carbocycles. The second-order valence-corrected chi connectivity index (χ2v) is 8.78. The molecule has 1 heterocycles.